The summed E-state index contributed by atoms with van der Waals surface area (Å²) < 4.78 is 24.7. The lowest BCUT2D eigenvalue weighted by Gasteiger charge is -2.28. The third-order valence-electron chi connectivity index (χ3n) is 4.06. The maximum absolute atomic E-state index is 14.2. The third-order valence-corrected chi connectivity index (χ3v) is 4.06. The van der Waals surface area contributed by atoms with E-state index in [4.69, 9.17) is 9.47 Å². The van der Waals surface area contributed by atoms with Crippen LogP contribution in [0.5, 0.6) is 11.5 Å². The molecule has 2 aromatic rings. The van der Waals surface area contributed by atoms with Gasteiger partial charge in [0.1, 0.15) is 17.3 Å². The van der Waals surface area contributed by atoms with Crippen molar-refractivity contribution in [2.24, 2.45) is 0 Å². The van der Waals surface area contributed by atoms with Crippen LogP contribution in [0.2, 0.25) is 0 Å². The first kappa shape index (κ1) is 26.9. The second-order valence-corrected chi connectivity index (χ2v) is 7.65. The van der Waals surface area contributed by atoms with Gasteiger partial charge in [-0.2, -0.15) is 0 Å². The van der Waals surface area contributed by atoms with Crippen LogP contribution in [0.25, 0.3) is 0 Å². The monoisotopic (exact) mass is 449 g/mol. The Hall–Kier alpha value is -3.13. The average Bonchev–Trinajstić information content (AvgIpc) is 2.73. The molecular weight excluding hydrogens is 413 g/mol. The Morgan fingerprint density at radius 3 is 2.38 bits per heavy atom. The predicted molar refractivity (Wildman–Crippen MR) is 126 cm³/mol. The smallest absolute Gasteiger partial charge is 0.410 e. The number of benzene rings is 2. The van der Waals surface area contributed by atoms with Crippen LogP contribution in [0.1, 0.15) is 32.0 Å². The van der Waals surface area contributed by atoms with Gasteiger partial charge in [-0.05, 0) is 45.8 Å². The quantitative estimate of drug-likeness (QED) is 0.648. The largest absolute Gasteiger partial charge is 0.415 e. The van der Waals surface area contributed by atoms with Gasteiger partial charge >= 0.3 is 12.2 Å². The first-order valence-corrected chi connectivity index (χ1v) is 10.4. The topological polar surface area (TPSA) is 62.3 Å². The molecule has 0 fully saturated rings. The highest BCUT2D eigenvalue weighted by molar-refractivity contribution is 5.74. The number of fused-ring (bicyclic) bond motifs is 1. The van der Waals surface area contributed by atoms with Crippen molar-refractivity contribution in [2.75, 3.05) is 35.2 Å². The Kier molecular flexibility index (Phi) is 10.6. The molecule has 0 aliphatic carbocycles. The molecule has 178 valence electrons. The van der Waals surface area contributed by atoms with Gasteiger partial charge in [0.25, 0.3) is 0 Å². The third kappa shape index (κ3) is 7.85. The van der Waals surface area contributed by atoms with E-state index in [0.29, 0.717) is 16.9 Å². The first-order valence-electron chi connectivity index (χ1n) is 10.4. The molecule has 2 aromatic carbocycles. The van der Waals surface area contributed by atoms with Gasteiger partial charge in [-0.1, -0.05) is 32.0 Å². The number of rotatable bonds is 3. The molecule has 0 spiro atoms. The zero-order chi connectivity index (χ0) is 24.4. The normalized spacial score (nSPS) is 11.9. The lowest BCUT2D eigenvalue weighted by atomic mass is 10.1. The molecular formula is C24H36FN3O4. The van der Waals surface area contributed by atoms with Gasteiger partial charge < -0.3 is 19.3 Å². The molecule has 1 heterocycles. The van der Waals surface area contributed by atoms with E-state index in [-0.39, 0.29) is 26.1 Å². The van der Waals surface area contributed by atoms with Crippen LogP contribution in [-0.2, 0) is 13.1 Å². The van der Waals surface area contributed by atoms with Gasteiger partial charge in [-0.25, -0.2) is 14.0 Å². The molecule has 0 atom stereocenters. The van der Waals surface area contributed by atoms with Crippen LogP contribution in [0.15, 0.2) is 36.4 Å². The number of ether oxygens (including phenoxy) is 2. The standard InChI is InChI=1S/C19H19FN2O4.C3H9N.C2H6.H2/c1-12-5-4-6-14(17(12)20)11-22-10-13-7-8-15(25-18(23)21(2)3)9-16(13)26-19(22)24;1-4(2)3;1-2;/h4-9H,10-11H2,1-3H3;1-3H3;1-2H3;1H. The molecule has 0 saturated heterocycles. The van der Waals surface area contributed by atoms with Gasteiger partial charge in [0.2, 0.25) is 0 Å². The maximum atomic E-state index is 14.2. The summed E-state index contributed by atoms with van der Waals surface area (Å²) in [4.78, 5) is 28.6. The summed E-state index contributed by atoms with van der Waals surface area (Å²) in [7, 11) is 9.14. The molecule has 32 heavy (non-hydrogen) atoms. The molecule has 0 unspecified atom stereocenters. The van der Waals surface area contributed by atoms with E-state index >= 15 is 0 Å². The lowest BCUT2D eigenvalue weighted by Crippen LogP contribution is -2.36. The summed E-state index contributed by atoms with van der Waals surface area (Å²) in [6.45, 7) is 6.08. The molecule has 3 rings (SSSR count). The Labute approximate surface area is 191 Å². The molecule has 1 aliphatic heterocycles. The van der Waals surface area contributed by atoms with Crippen molar-refractivity contribution in [1.82, 2.24) is 14.7 Å². The number of amides is 2. The second-order valence-electron chi connectivity index (χ2n) is 7.65. The van der Waals surface area contributed by atoms with Crippen LogP contribution in [0, 0.1) is 12.7 Å². The number of carbonyl (C=O) groups excluding carboxylic acids is 2. The average molecular weight is 450 g/mol. The minimum atomic E-state index is -0.575. The summed E-state index contributed by atoms with van der Waals surface area (Å²) in [6, 6.07) is 9.93. The highest BCUT2D eigenvalue weighted by atomic mass is 19.1. The van der Waals surface area contributed by atoms with Crippen molar-refractivity contribution >= 4 is 12.2 Å². The van der Waals surface area contributed by atoms with Crippen LogP contribution in [-0.4, -0.2) is 62.1 Å². The Bertz CT molecular complexity index is 920. The van der Waals surface area contributed by atoms with Crippen molar-refractivity contribution < 1.29 is 24.9 Å². The molecule has 0 saturated carbocycles. The van der Waals surface area contributed by atoms with Gasteiger partial charge in [0.05, 0.1) is 13.1 Å². The van der Waals surface area contributed by atoms with E-state index in [1.807, 2.05) is 39.9 Å². The number of nitrogens with zero attached hydrogens (tertiary/aromatic N) is 3. The summed E-state index contributed by atoms with van der Waals surface area (Å²) in [5.41, 5.74) is 1.71. The van der Waals surface area contributed by atoms with Crippen LogP contribution in [0.4, 0.5) is 14.0 Å². The van der Waals surface area contributed by atoms with Crippen molar-refractivity contribution in [3.63, 3.8) is 0 Å². The Balaban J connectivity index is 0.00000132. The molecule has 7 nitrogen and oxygen atoms in total. The fourth-order valence-electron chi connectivity index (χ4n) is 2.60. The van der Waals surface area contributed by atoms with Crippen LogP contribution < -0.4 is 9.47 Å². The SMILES string of the molecule is CC.CN(C)C.Cc1cccc(CN2Cc3ccc(OC(=O)N(C)C)cc3OC2=O)c1F.[HH]. The van der Waals surface area contributed by atoms with Crippen LogP contribution >= 0.6 is 0 Å². The second kappa shape index (κ2) is 12.7. The van der Waals surface area contributed by atoms with Crippen molar-refractivity contribution in [3.8, 4) is 11.5 Å². The van der Waals surface area contributed by atoms with Gasteiger partial charge in [0.15, 0.2) is 0 Å². The Morgan fingerprint density at radius 2 is 1.78 bits per heavy atom. The first-order chi connectivity index (χ1) is 15.1. The maximum Gasteiger partial charge on any atom is 0.415 e. The van der Waals surface area contributed by atoms with Gasteiger partial charge in [0, 0.05) is 32.7 Å². The fourth-order valence-corrected chi connectivity index (χ4v) is 2.60. The predicted octanol–water partition coefficient (Wildman–Crippen LogP) is 5.16. The number of hydrogen-bond acceptors (Lipinski definition) is 5. The van der Waals surface area contributed by atoms with Crippen molar-refractivity contribution in [3.05, 3.63) is 58.9 Å². The number of hydrogen-bond donors (Lipinski definition) is 0. The van der Waals surface area contributed by atoms with E-state index in [0.717, 1.165) is 5.56 Å². The van der Waals surface area contributed by atoms with E-state index in [9.17, 15) is 14.0 Å². The summed E-state index contributed by atoms with van der Waals surface area (Å²) in [5.74, 6) is 0.297. The van der Waals surface area contributed by atoms with Crippen molar-refractivity contribution in [2.45, 2.75) is 33.9 Å². The molecule has 0 bridgehead atoms. The van der Waals surface area contributed by atoms with Gasteiger partial charge in [-0.3, -0.25) is 4.90 Å². The molecule has 0 radical (unpaired) electrons. The molecule has 8 heteroatoms. The minimum Gasteiger partial charge on any atom is -0.410 e. The Morgan fingerprint density at radius 1 is 1.16 bits per heavy atom. The number of halogens is 1. The summed E-state index contributed by atoms with van der Waals surface area (Å²) in [6.07, 6.45) is -1.10. The zero-order valence-electron chi connectivity index (χ0n) is 20.2. The fraction of sp³-hybridized carbons (Fsp3) is 0.417. The molecule has 0 aromatic heterocycles. The number of aryl methyl sites for hydroxylation is 1. The minimum absolute atomic E-state index is 0. The molecule has 0 N–H and O–H groups in total. The molecule has 1 aliphatic rings. The summed E-state index contributed by atoms with van der Waals surface area (Å²) in [5, 5.41) is 0. The lowest BCUT2D eigenvalue weighted by molar-refractivity contribution is 0.134. The summed E-state index contributed by atoms with van der Waals surface area (Å²) >= 11 is 0. The van der Waals surface area contributed by atoms with Gasteiger partial charge in [-0.15, -0.1) is 0 Å². The molecule has 2 amide bonds. The van der Waals surface area contributed by atoms with E-state index < -0.39 is 12.2 Å². The highest BCUT2D eigenvalue weighted by Gasteiger charge is 2.26. The van der Waals surface area contributed by atoms with E-state index in [1.165, 1.54) is 15.9 Å². The van der Waals surface area contributed by atoms with Crippen molar-refractivity contribution in [1.29, 1.82) is 0 Å². The van der Waals surface area contributed by atoms with E-state index in [2.05, 4.69) is 0 Å². The van der Waals surface area contributed by atoms with Crippen LogP contribution in [0.3, 0.4) is 0 Å². The zero-order valence-corrected chi connectivity index (χ0v) is 20.2. The number of carbonyl (C=O) groups is 2. The van der Waals surface area contributed by atoms with E-state index in [1.54, 1.807) is 51.4 Å². The highest BCUT2D eigenvalue weighted by Crippen LogP contribution is 2.31.